The largest absolute Gasteiger partial charge is 0.508 e. The molecule has 41 heavy (non-hydrogen) atoms. The number of unbranched alkanes of at least 4 members (excludes halogenated alkanes) is 13. The molecule has 1 aromatic carbocycles. The Morgan fingerprint density at radius 3 is 2.02 bits per heavy atom. The molecule has 2 N–H and O–H groups in total. The van der Waals surface area contributed by atoms with Crippen LogP contribution in [0.4, 0.5) is 0 Å². The van der Waals surface area contributed by atoms with E-state index in [1.54, 1.807) is 7.11 Å². The van der Waals surface area contributed by atoms with Crippen LogP contribution in [0.2, 0.25) is 0 Å². The monoisotopic (exact) mass is 568 g/mol. The van der Waals surface area contributed by atoms with Gasteiger partial charge in [0, 0.05) is 13.0 Å². The van der Waals surface area contributed by atoms with Gasteiger partial charge in [0.05, 0.1) is 12.5 Å². The van der Waals surface area contributed by atoms with Crippen molar-refractivity contribution in [3.63, 3.8) is 0 Å². The van der Waals surface area contributed by atoms with Crippen LogP contribution in [0.25, 0.3) is 0 Å². The number of rotatable bonds is 19. The molecule has 0 aromatic heterocycles. The van der Waals surface area contributed by atoms with E-state index in [4.69, 9.17) is 4.74 Å². The summed E-state index contributed by atoms with van der Waals surface area (Å²) in [6.45, 7) is 2.97. The van der Waals surface area contributed by atoms with Crippen molar-refractivity contribution in [1.82, 2.24) is 0 Å². The van der Waals surface area contributed by atoms with Crippen molar-refractivity contribution in [2.75, 3.05) is 13.7 Å². The fourth-order valence-corrected chi connectivity index (χ4v) is 9.35. The number of benzene rings is 1. The number of fused-ring (bicyclic) bond motifs is 5. The van der Waals surface area contributed by atoms with E-state index in [1.165, 1.54) is 101 Å². The second-order valence-corrected chi connectivity index (χ2v) is 13.9. The van der Waals surface area contributed by atoms with Crippen molar-refractivity contribution in [1.29, 1.82) is 0 Å². The van der Waals surface area contributed by atoms with E-state index >= 15 is 0 Å². The molecule has 4 heteroatoms. The number of phenolic OH excluding ortho intramolecular Hbond substituents is 1. The molecule has 0 bridgehead atoms. The maximum absolute atomic E-state index is 12.5. The molecule has 232 valence electrons. The van der Waals surface area contributed by atoms with Crippen molar-refractivity contribution in [3.05, 3.63) is 29.3 Å². The highest BCUT2D eigenvalue weighted by molar-refractivity contribution is 5.70. The first-order valence-corrected chi connectivity index (χ1v) is 17.6. The Morgan fingerprint density at radius 1 is 0.805 bits per heavy atom. The van der Waals surface area contributed by atoms with Crippen LogP contribution in [0, 0.1) is 29.6 Å². The van der Waals surface area contributed by atoms with Gasteiger partial charge >= 0.3 is 5.97 Å². The van der Waals surface area contributed by atoms with Crippen molar-refractivity contribution in [3.8, 4) is 5.75 Å². The SMILES string of the molecule is CCCCCCCCCCCCCCCCC(C(=O)O)[C@H]1CC[C@H]2C1CC[C@@H]1c3ccc(O)cc3[C@H](COC)C[C@H]12. The van der Waals surface area contributed by atoms with E-state index in [1.807, 2.05) is 12.1 Å². The maximum Gasteiger partial charge on any atom is 0.306 e. The molecular weight excluding hydrogens is 508 g/mol. The molecule has 0 saturated heterocycles. The van der Waals surface area contributed by atoms with Gasteiger partial charge in [0.15, 0.2) is 0 Å². The zero-order chi connectivity index (χ0) is 29.0. The van der Waals surface area contributed by atoms with Crippen LogP contribution in [-0.2, 0) is 9.53 Å². The highest BCUT2D eigenvalue weighted by Gasteiger charge is 2.51. The van der Waals surface area contributed by atoms with E-state index in [-0.39, 0.29) is 5.92 Å². The van der Waals surface area contributed by atoms with Gasteiger partial charge in [0.25, 0.3) is 0 Å². The summed E-state index contributed by atoms with van der Waals surface area (Å²) in [6, 6.07) is 5.98. The number of carbonyl (C=O) groups is 1. The molecule has 0 aliphatic heterocycles. The summed E-state index contributed by atoms with van der Waals surface area (Å²) < 4.78 is 5.62. The second kappa shape index (κ2) is 16.9. The Balaban J connectivity index is 1.19. The highest BCUT2D eigenvalue weighted by atomic mass is 16.5. The maximum atomic E-state index is 12.5. The topological polar surface area (TPSA) is 66.8 Å². The number of aliphatic carboxylic acids is 1. The lowest BCUT2D eigenvalue weighted by molar-refractivity contribution is -0.145. The normalized spacial score (nSPS) is 27.7. The van der Waals surface area contributed by atoms with Crippen molar-refractivity contribution >= 4 is 5.97 Å². The number of hydrogen-bond acceptors (Lipinski definition) is 3. The smallest absolute Gasteiger partial charge is 0.306 e. The summed E-state index contributed by atoms with van der Waals surface area (Å²) in [5.41, 5.74) is 2.70. The number of carboxylic acids is 1. The lowest BCUT2D eigenvalue weighted by Gasteiger charge is -2.47. The Morgan fingerprint density at radius 2 is 1.41 bits per heavy atom. The predicted molar refractivity (Wildman–Crippen MR) is 169 cm³/mol. The molecular formula is C37H60O4. The van der Waals surface area contributed by atoms with Crippen LogP contribution in [-0.4, -0.2) is 29.9 Å². The predicted octanol–water partition coefficient (Wildman–Crippen LogP) is 10.2. The van der Waals surface area contributed by atoms with E-state index in [0.717, 1.165) is 38.5 Å². The summed E-state index contributed by atoms with van der Waals surface area (Å²) in [4.78, 5) is 12.5. The first kappa shape index (κ1) is 32.4. The highest BCUT2D eigenvalue weighted by Crippen LogP contribution is 2.60. The fourth-order valence-electron chi connectivity index (χ4n) is 9.35. The van der Waals surface area contributed by atoms with Gasteiger partial charge in [-0.05, 0) is 91.4 Å². The molecule has 3 aliphatic carbocycles. The zero-order valence-electron chi connectivity index (χ0n) is 26.3. The standard InChI is InChI=1S/C37H60O4/c1-3-4-5-6-7-8-9-10-11-12-13-14-15-16-17-34(37(39)40)30-21-23-32-29(30)20-22-33-31-19-18-28(38)25-35(31)27(26-41-2)24-36(32)33/h18-19,25,27,29-30,32-34,36,38H,3-17,20-24,26H2,1-2H3,(H,39,40)/t27-,29?,30-,32-,33+,34?,36-/m0/s1. The molecule has 3 aliphatic rings. The second-order valence-electron chi connectivity index (χ2n) is 13.9. The van der Waals surface area contributed by atoms with Gasteiger partial charge in [-0.25, -0.2) is 0 Å². The molecule has 0 spiro atoms. The van der Waals surface area contributed by atoms with Gasteiger partial charge in [0.1, 0.15) is 5.75 Å². The zero-order valence-corrected chi connectivity index (χ0v) is 26.3. The number of ether oxygens (including phenoxy) is 1. The van der Waals surface area contributed by atoms with E-state index in [2.05, 4.69) is 13.0 Å². The van der Waals surface area contributed by atoms with Crippen LogP contribution in [0.15, 0.2) is 18.2 Å². The minimum atomic E-state index is -0.547. The minimum absolute atomic E-state index is 0.165. The summed E-state index contributed by atoms with van der Waals surface area (Å²) in [5, 5.41) is 20.5. The van der Waals surface area contributed by atoms with Crippen LogP contribution in [0.5, 0.6) is 5.75 Å². The molecule has 2 saturated carbocycles. The number of aromatic hydroxyl groups is 1. The average molecular weight is 569 g/mol. The number of phenols is 1. The number of hydrogen-bond donors (Lipinski definition) is 2. The quantitative estimate of drug-likeness (QED) is 0.163. The van der Waals surface area contributed by atoms with Crippen LogP contribution in [0.3, 0.4) is 0 Å². The van der Waals surface area contributed by atoms with Crippen LogP contribution < -0.4 is 0 Å². The Kier molecular flexibility index (Phi) is 13.4. The molecule has 0 heterocycles. The Bertz CT molecular complexity index is 912. The van der Waals surface area contributed by atoms with Gasteiger partial charge < -0.3 is 14.9 Å². The third-order valence-corrected chi connectivity index (χ3v) is 11.3. The summed E-state index contributed by atoms with van der Waals surface area (Å²) >= 11 is 0. The number of carboxylic acid groups (broad SMARTS) is 1. The summed E-state index contributed by atoms with van der Waals surface area (Å²) in [6.07, 6.45) is 25.3. The van der Waals surface area contributed by atoms with Gasteiger partial charge in [-0.2, -0.15) is 0 Å². The summed E-state index contributed by atoms with van der Waals surface area (Å²) in [5.74, 6) is 2.68. The molecule has 0 amide bonds. The third-order valence-electron chi connectivity index (χ3n) is 11.3. The Hall–Kier alpha value is -1.55. The minimum Gasteiger partial charge on any atom is -0.508 e. The van der Waals surface area contributed by atoms with Crippen LogP contribution >= 0.6 is 0 Å². The molecule has 4 nitrogen and oxygen atoms in total. The third kappa shape index (κ3) is 8.74. The first-order valence-electron chi connectivity index (χ1n) is 17.6. The molecule has 4 rings (SSSR count). The first-order chi connectivity index (χ1) is 20.0. The fraction of sp³-hybridized carbons (Fsp3) is 0.811. The van der Waals surface area contributed by atoms with Gasteiger partial charge in [0.2, 0.25) is 0 Å². The van der Waals surface area contributed by atoms with Gasteiger partial charge in [-0.15, -0.1) is 0 Å². The van der Waals surface area contributed by atoms with Crippen molar-refractivity contribution < 1.29 is 19.7 Å². The average Bonchev–Trinajstić information content (AvgIpc) is 3.39. The molecule has 7 atom stereocenters. The Labute approximate surface area is 251 Å². The van der Waals surface area contributed by atoms with Gasteiger partial charge in [-0.3, -0.25) is 4.79 Å². The molecule has 1 aromatic rings. The lowest BCUT2D eigenvalue weighted by atomic mass is 9.57. The van der Waals surface area contributed by atoms with Crippen molar-refractivity contribution in [2.45, 2.75) is 147 Å². The lowest BCUT2D eigenvalue weighted by Crippen LogP contribution is -2.39. The van der Waals surface area contributed by atoms with Crippen LogP contribution in [0.1, 0.15) is 158 Å². The van der Waals surface area contributed by atoms with Crippen molar-refractivity contribution in [2.24, 2.45) is 29.6 Å². The summed E-state index contributed by atoms with van der Waals surface area (Å²) in [7, 11) is 1.78. The molecule has 0 radical (unpaired) electrons. The molecule has 2 fully saturated rings. The molecule has 2 unspecified atom stereocenters. The number of methoxy groups -OCH3 is 1. The van der Waals surface area contributed by atoms with E-state index in [0.29, 0.717) is 47.9 Å². The van der Waals surface area contributed by atoms with E-state index < -0.39 is 5.97 Å². The van der Waals surface area contributed by atoms with Gasteiger partial charge in [-0.1, -0.05) is 103 Å². The van der Waals surface area contributed by atoms with E-state index in [9.17, 15) is 15.0 Å².